The van der Waals surface area contributed by atoms with Crippen molar-refractivity contribution in [3.8, 4) is 0 Å². The van der Waals surface area contributed by atoms with E-state index < -0.39 is 5.79 Å². The highest BCUT2D eigenvalue weighted by Crippen LogP contribution is 2.22. The Morgan fingerprint density at radius 2 is 2.07 bits per heavy atom. The molecule has 1 rings (SSSR count). The van der Waals surface area contributed by atoms with Crippen molar-refractivity contribution >= 4 is 6.29 Å². The van der Waals surface area contributed by atoms with Gasteiger partial charge in [0.1, 0.15) is 6.29 Å². The molecule has 1 heterocycles. The molecule has 14 heavy (non-hydrogen) atoms. The van der Waals surface area contributed by atoms with Crippen molar-refractivity contribution in [3.63, 3.8) is 0 Å². The van der Waals surface area contributed by atoms with Crippen molar-refractivity contribution in [2.24, 2.45) is 0 Å². The molecule has 0 amide bonds. The van der Waals surface area contributed by atoms with E-state index >= 15 is 0 Å². The van der Waals surface area contributed by atoms with E-state index in [1.165, 1.54) is 6.08 Å². The molecule has 0 unspecified atom stereocenters. The van der Waals surface area contributed by atoms with Gasteiger partial charge in [-0.05, 0) is 25.5 Å². The molecule has 78 valence electrons. The van der Waals surface area contributed by atoms with Gasteiger partial charge in [0.15, 0.2) is 5.79 Å². The average Bonchev–Trinajstić information content (AvgIpc) is 2.53. The molecule has 3 nitrogen and oxygen atoms in total. The molecule has 1 aliphatic rings. The molecule has 0 aromatic rings. The van der Waals surface area contributed by atoms with Crippen LogP contribution in [-0.2, 0) is 14.3 Å². The molecule has 0 aromatic heterocycles. The number of rotatable bonds is 4. The normalized spacial score (nSPS) is 21.7. The Hall–Kier alpha value is -0.930. The Kier molecular flexibility index (Phi) is 4.04. The average molecular weight is 196 g/mol. The quantitative estimate of drug-likeness (QED) is 0.391. The lowest BCUT2D eigenvalue weighted by Crippen LogP contribution is -2.24. The molecule has 0 atom stereocenters. The van der Waals surface area contributed by atoms with E-state index in [2.05, 4.69) is 0 Å². The first-order chi connectivity index (χ1) is 6.66. The summed E-state index contributed by atoms with van der Waals surface area (Å²) < 4.78 is 10.8. The van der Waals surface area contributed by atoms with E-state index in [-0.39, 0.29) is 0 Å². The molecule has 0 aliphatic carbocycles. The molecule has 0 bridgehead atoms. The highest BCUT2D eigenvalue weighted by atomic mass is 16.7. The first-order valence-corrected chi connectivity index (χ1v) is 4.73. The van der Waals surface area contributed by atoms with Gasteiger partial charge in [-0.2, -0.15) is 0 Å². The number of hydrogen-bond acceptors (Lipinski definition) is 3. The van der Waals surface area contributed by atoms with E-state index in [4.69, 9.17) is 9.47 Å². The fourth-order valence-corrected chi connectivity index (χ4v) is 1.30. The van der Waals surface area contributed by atoms with Crippen LogP contribution in [0.1, 0.15) is 20.3 Å². The Bertz CT molecular complexity index is 247. The van der Waals surface area contributed by atoms with Crippen molar-refractivity contribution in [1.82, 2.24) is 0 Å². The summed E-state index contributed by atoms with van der Waals surface area (Å²) in [6.07, 6.45) is 6.86. The molecule has 1 saturated heterocycles. The number of allylic oxidation sites excluding steroid dienone is 3. The highest BCUT2D eigenvalue weighted by Gasteiger charge is 2.28. The molecule has 0 N–H and O–H groups in total. The largest absolute Gasteiger partial charge is 0.348 e. The predicted octanol–water partition coefficient (Wildman–Crippen LogP) is 1.84. The van der Waals surface area contributed by atoms with Gasteiger partial charge in [-0.25, -0.2) is 0 Å². The second-order valence-electron chi connectivity index (χ2n) is 3.48. The van der Waals surface area contributed by atoms with Crippen LogP contribution in [0.2, 0.25) is 0 Å². The number of ether oxygens (including phenoxy) is 2. The van der Waals surface area contributed by atoms with Gasteiger partial charge >= 0.3 is 0 Å². The first kappa shape index (κ1) is 11.1. The third-order valence-electron chi connectivity index (χ3n) is 2.10. The topological polar surface area (TPSA) is 35.5 Å². The molecule has 1 aliphatic heterocycles. The standard InChI is InChI=1S/C11H16O3/c1-10(5-7-12)4-3-6-11(2)13-8-9-14-11/h3-5,7H,6,8-9H2,1-2H3/b4-3+,10-5+. The maximum atomic E-state index is 10.1. The van der Waals surface area contributed by atoms with E-state index in [1.807, 2.05) is 26.0 Å². The Morgan fingerprint density at radius 3 is 2.64 bits per heavy atom. The van der Waals surface area contributed by atoms with Crippen LogP contribution in [0.4, 0.5) is 0 Å². The fraction of sp³-hybridized carbons (Fsp3) is 0.545. The van der Waals surface area contributed by atoms with Crippen molar-refractivity contribution in [1.29, 1.82) is 0 Å². The minimum Gasteiger partial charge on any atom is -0.348 e. The van der Waals surface area contributed by atoms with Gasteiger partial charge in [0.25, 0.3) is 0 Å². The van der Waals surface area contributed by atoms with E-state index in [0.29, 0.717) is 19.6 Å². The summed E-state index contributed by atoms with van der Waals surface area (Å²) in [6.45, 7) is 5.12. The van der Waals surface area contributed by atoms with Crippen LogP contribution in [0.15, 0.2) is 23.8 Å². The summed E-state index contributed by atoms with van der Waals surface area (Å²) in [6, 6.07) is 0. The molecule has 3 heteroatoms. The number of carbonyl (C=O) groups excluding carboxylic acids is 1. The molecular weight excluding hydrogens is 180 g/mol. The second kappa shape index (κ2) is 5.08. The zero-order valence-corrected chi connectivity index (χ0v) is 8.66. The van der Waals surface area contributed by atoms with Crippen molar-refractivity contribution < 1.29 is 14.3 Å². The van der Waals surface area contributed by atoms with Gasteiger partial charge in [-0.15, -0.1) is 0 Å². The summed E-state index contributed by atoms with van der Waals surface area (Å²) in [5, 5.41) is 0. The maximum absolute atomic E-state index is 10.1. The van der Waals surface area contributed by atoms with Crippen LogP contribution in [-0.4, -0.2) is 25.3 Å². The maximum Gasteiger partial charge on any atom is 0.169 e. The van der Waals surface area contributed by atoms with Crippen LogP contribution in [0, 0.1) is 0 Å². The lowest BCUT2D eigenvalue weighted by atomic mass is 10.2. The summed E-state index contributed by atoms with van der Waals surface area (Å²) in [5.74, 6) is -0.474. The minimum absolute atomic E-state index is 0.474. The molecule has 0 spiro atoms. The zero-order chi connectivity index (χ0) is 10.4. The highest BCUT2D eigenvalue weighted by molar-refractivity contribution is 5.66. The zero-order valence-electron chi connectivity index (χ0n) is 8.66. The summed E-state index contributed by atoms with van der Waals surface area (Å²) in [4.78, 5) is 10.1. The smallest absolute Gasteiger partial charge is 0.169 e. The second-order valence-corrected chi connectivity index (χ2v) is 3.48. The predicted molar refractivity (Wildman–Crippen MR) is 53.9 cm³/mol. The molecule has 1 fully saturated rings. The van der Waals surface area contributed by atoms with Crippen LogP contribution in [0.25, 0.3) is 0 Å². The van der Waals surface area contributed by atoms with Crippen LogP contribution < -0.4 is 0 Å². The van der Waals surface area contributed by atoms with Gasteiger partial charge in [0.2, 0.25) is 0 Å². The summed E-state index contributed by atoms with van der Waals surface area (Å²) in [5.41, 5.74) is 0.932. The lowest BCUT2D eigenvalue weighted by Gasteiger charge is -2.19. The van der Waals surface area contributed by atoms with Crippen molar-refractivity contribution in [2.75, 3.05) is 13.2 Å². The number of carbonyl (C=O) groups is 1. The third-order valence-corrected chi connectivity index (χ3v) is 2.10. The van der Waals surface area contributed by atoms with Crippen molar-refractivity contribution in [2.45, 2.75) is 26.1 Å². The Balaban J connectivity index is 2.39. The van der Waals surface area contributed by atoms with E-state index in [0.717, 1.165) is 11.9 Å². The molecule has 0 radical (unpaired) electrons. The SMILES string of the molecule is CC(/C=C/CC1(C)OCCO1)=C\C=O. The van der Waals surface area contributed by atoms with Crippen molar-refractivity contribution in [3.05, 3.63) is 23.8 Å². The monoisotopic (exact) mass is 196 g/mol. The molecule has 0 saturated carbocycles. The number of aldehydes is 1. The van der Waals surface area contributed by atoms with Gasteiger partial charge in [-0.1, -0.05) is 12.2 Å². The minimum atomic E-state index is -0.474. The first-order valence-electron chi connectivity index (χ1n) is 4.73. The van der Waals surface area contributed by atoms with Gasteiger partial charge < -0.3 is 9.47 Å². The molecule has 0 aromatic carbocycles. The molecular formula is C11H16O3. The van der Waals surface area contributed by atoms with E-state index in [9.17, 15) is 4.79 Å². The fourth-order valence-electron chi connectivity index (χ4n) is 1.30. The van der Waals surface area contributed by atoms with E-state index in [1.54, 1.807) is 0 Å². The number of hydrogen-bond donors (Lipinski definition) is 0. The third kappa shape index (κ3) is 3.44. The van der Waals surface area contributed by atoms with Crippen LogP contribution >= 0.6 is 0 Å². The summed E-state index contributed by atoms with van der Waals surface area (Å²) >= 11 is 0. The Morgan fingerprint density at radius 1 is 1.43 bits per heavy atom. The van der Waals surface area contributed by atoms with Gasteiger partial charge in [0.05, 0.1) is 13.2 Å². The summed E-state index contributed by atoms with van der Waals surface area (Å²) in [7, 11) is 0. The van der Waals surface area contributed by atoms with Gasteiger partial charge in [-0.3, -0.25) is 4.79 Å². The van der Waals surface area contributed by atoms with Crippen LogP contribution in [0.5, 0.6) is 0 Å². The lowest BCUT2D eigenvalue weighted by molar-refractivity contribution is -0.138. The Labute approximate surface area is 84.4 Å². The van der Waals surface area contributed by atoms with Gasteiger partial charge in [0, 0.05) is 6.42 Å². The van der Waals surface area contributed by atoms with Crippen LogP contribution in [0.3, 0.4) is 0 Å².